The van der Waals surface area contributed by atoms with Crippen molar-refractivity contribution in [3.63, 3.8) is 0 Å². The molecule has 3 aromatic rings. The van der Waals surface area contributed by atoms with Crippen molar-refractivity contribution in [3.05, 3.63) is 53.1 Å². The van der Waals surface area contributed by atoms with Crippen LogP contribution >= 0.6 is 11.3 Å². The third-order valence-electron chi connectivity index (χ3n) is 4.73. The largest absolute Gasteiger partial charge is 0.486 e. The van der Waals surface area contributed by atoms with Crippen LogP contribution < -0.4 is 10.5 Å². The summed E-state index contributed by atoms with van der Waals surface area (Å²) in [5.74, 6) is 0.954. The predicted molar refractivity (Wildman–Crippen MR) is 105 cm³/mol. The Balaban J connectivity index is 1.45. The van der Waals surface area contributed by atoms with Crippen molar-refractivity contribution in [3.8, 4) is 5.75 Å². The van der Waals surface area contributed by atoms with Gasteiger partial charge in [0.15, 0.2) is 5.13 Å². The minimum absolute atomic E-state index is 0.0330. The lowest BCUT2D eigenvalue weighted by Gasteiger charge is -2.39. The third-order valence-corrected chi connectivity index (χ3v) is 5.56. The summed E-state index contributed by atoms with van der Waals surface area (Å²) in [7, 11) is 0. The average Bonchev–Trinajstić information content (AvgIpc) is 2.98. The van der Waals surface area contributed by atoms with Gasteiger partial charge in [-0.15, -0.1) is 0 Å². The highest BCUT2D eigenvalue weighted by atomic mass is 32.1. The molecule has 1 aromatic heterocycles. The number of rotatable bonds is 4. The SMILES string of the molecule is CCc1ccccc1OC1CN(C(=O)c2cc(C)c3nc(N)sc3c2)C1. The smallest absolute Gasteiger partial charge is 0.254 e. The molecule has 1 aliphatic rings. The predicted octanol–water partition coefficient (Wildman–Crippen LogP) is 3.65. The van der Waals surface area contributed by atoms with Crippen LogP contribution in [-0.4, -0.2) is 35.0 Å². The zero-order valence-electron chi connectivity index (χ0n) is 14.9. The van der Waals surface area contributed by atoms with Gasteiger partial charge in [-0.1, -0.05) is 36.5 Å². The van der Waals surface area contributed by atoms with Gasteiger partial charge >= 0.3 is 0 Å². The first-order valence-electron chi connectivity index (χ1n) is 8.75. The van der Waals surface area contributed by atoms with E-state index >= 15 is 0 Å². The van der Waals surface area contributed by atoms with Gasteiger partial charge in [0.2, 0.25) is 0 Å². The molecule has 1 aliphatic heterocycles. The maximum absolute atomic E-state index is 12.8. The van der Waals surface area contributed by atoms with E-state index in [1.54, 1.807) is 0 Å². The number of nitrogens with zero attached hydrogens (tertiary/aromatic N) is 2. The first kappa shape index (κ1) is 16.8. The number of thiazole rings is 1. The molecule has 1 saturated heterocycles. The molecular weight excluding hydrogens is 346 g/mol. The number of nitrogens with two attached hydrogens (primary N) is 1. The van der Waals surface area contributed by atoms with Crippen LogP contribution in [0, 0.1) is 6.92 Å². The Morgan fingerprint density at radius 3 is 2.88 bits per heavy atom. The van der Waals surface area contributed by atoms with Crippen molar-refractivity contribution >= 4 is 32.6 Å². The molecule has 0 aliphatic carbocycles. The van der Waals surface area contributed by atoms with Gasteiger partial charge in [0.1, 0.15) is 11.9 Å². The fraction of sp³-hybridized carbons (Fsp3) is 0.300. The van der Waals surface area contributed by atoms with E-state index < -0.39 is 0 Å². The minimum Gasteiger partial charge on any atom is -0.486 e. The second-order valence-corrected chi connectivity index (χ2v) is 7.67. The summed E-state index contributed by atoms with van der Waals surface area (Å²) in [6, 6.07) is 11.9. The van der Waals surface area contributed by atoms with E-state index in [4.69, 9.17) is 10.5 Å². The number of carbonyl (C=O) groups excluding carboxylic acids is 1. The number of nitrogen functional groups attached to an aromatic ring is 1. The first-order valence-corrected chi connectivity index (χ1v) is 9.57. The van der Waals surface area contributed by atoms with Crippen LogP contribution in [0.4, 0.5) is 5.13 Å². The molecule has 2 heterocycles. The van der Waals surface area contributed by atoms with Crippen LogP contribution in [0.5, 0.6) is 5.75 Å². The van der Waals surface area contributed by atoms with Crippen molar-refractivity contribution < 1.29 is 9.53 Å². The molecule has 2 N–H and O–H groups in total. The summed E-state index contributed by atoms with van der Waals surface area (Å²) in [5, 5.41) is 0.528. The fourth-order valence-corrected chi connectivity index (χ4v) is 4.14. The highest BCUT2D eigenvalue weighted by molar-refractivity contribution is 7.22. The van der Waals surface area contributed by atoms with E-state index in [0.29, 0.717) is 23.8 Å². The van der Waals surface area contributed by atoms with Gasteiger partial charge < -0.3 is 15.4 Å². The second kappa shape index (κ2) is 6.61. The van der Waals surface area contributed by atoms with E-state index in [9.17, 15) is 4.79 Å². The zero-order valence-corrected chi connectivity index (χ0v) is 15.7. The second-order valence-electron chi connectivity index (χ2n) is 6.60. The third kappa shape index (κ3) is 3.01. The fourth-order valence-electron chi connectivity index (χ4n) is 3.29. The van der Waals surface area contributed by atoms with E-state index in [1.807, 2.05) is 42.2 Å². The highest BCUT2D eigenvalue weighted by Gasteiger charge is 2.33. The van der Waals surface area contributed by atoms with Crippen molar-refractivity contribution in [2.75, 3.05) is 18.8 Å². The lowest BCUT2D eigenvalue weighted by molar-refractivity contribution is 0.0175. The average molecular weight is 367 g/mol. The molecule has 26 heavy (non-hydrogen) atoms. The molecule has 1 amide bonds. The Morgan fingerprint density at radius 1 is 1.35 bits per heavy atom. The number of carbonyl (C=O) groups is 1. The Labute approximate surface area is 156 Å². The highest BCUT2D eigenvalue weighted by Crippen LogP contribution is 2.29. The van der Waals surface area contributed by atoms with Gasteiger partial charge in [-0.2, -0.15) is 0 Å². The van der Waals surface area contributed by atoms with Crippen LogP contribution in [0.15, 0.2) is 36.4 Å². The Bertz CT molecular complexity index is 976. The number of benzene rings is 2. The lowest BCUT2D eigenvalue weighted by atomic mass is 10.1. The Hall–Kier alpha value is -2.60. The molecule has 5 nitrogen and oxygen atoms in total. The van der Waals surface area contributed by atoms with Crippen molar-refractivity contribution in [2.24, 2.45) is 0 Å². The number of aromatic nitrogens is 1. The number of hydrogen-bond donors (Lipinski definition) is 1. The number of ether oxygens (including phenoxy) is 1. The number of anilines is 1. The number of likely N-dealkylation sites (tertiary alicyclic amines) is 1. The van der Waals surface area contributed by atoms with Crippen LogP contribution in [0.1, 0.15) is 28.4 Å². The summed E-state index contributed by atoms with van der Waals surface area (Å²) in [6.07, 6.45) is 0.985. The molecule has 0 atom stereocenters. The normalized spacial score (nSPS) is 14.5. The summed E-state index contributed by atoms with van der Waals surface area (Å²) >= 11 is 1.41. The number of para-hydroxylation sites is 1. The summed E-state index contributed by atoms with van der Waals surface area (Å²) in [6.45, 7) is 5.29. The van der Waals surface area contributed by atoms with E-state index in [2.05, 4.69) is 18.0 Å². The maximum atomic E-state index is 12.8. The van der Waals surface area contributed by atoms with Gasteiger partial charge in [0.25, 0.3) is 5.91 Å². The molecule has 1 fully saturated rings. The molecule has 0 unspecified atom stereocenters. The van der Waals surface area contributed by atoms with Gasteiger partial charge in [-0.05, 0) is 42.7 Å². The Kier molecular flexibility index (Phi) is 4.28. The molecule has 0 saturated carbocycles. The van der Waals surface area contributed by atoms with Crippen LogP contribution in [0.2, 0.25) is 0 Å². The molecular formula is C20H21N3O2S. The first-order chi connectivity index (χ1) is 12.5. The number of aryl methyl sites for hydroxylation is 2. The summed E-state index contributed by atoms with van der Waals surface area (Å²) in [4.78, 5) is 18.9. The molecule has 4 rings (SSSR count). The van der Waals surface area contributed by atoms with Crippen molar-refractivity contribution in [1.29, 1.82) is 0 Å². The topological polar surface area (TPSA) is 68.5 Å². The molecule has 2 aromatic carbocycles. The van der Waals surface area contributed by atoms with Crippen LogP contribution in [0.3, 0.4) is 0 Å². The van der Waals surface area contributed by atoms with Gasteiger partial charge in [0.05, 0.1) is 23.3 Å². The summed E-state index contributed by atoms with van der Waals surface area (Å²) in [5.41, 5.74) is 9.53. The molecule has 6 heteroatoms. The van der Waals surface area contributed by atoms with E-state index in [0.717, 1.165) is 28.0 Å². The van der Waals surface area contributed by atoms with Crippen LogP contribution in [0.25, 0.3) is 10.2 Å². The summed E-state index contributed by atoms with van der Waals surface area (Å²) < 4.78 is 7.02. The quantitative estimate of drug-likeness (QED) is 0.764. The molecule has 134 valence electrons. The monoisotopic (exact) mass is 367 g/mol. The standard InChI is InChI=1S/C20H21N3O2S/c1-3-13-6-4-5-7-16(13)25-15-10-23(11-15)19(24)14-8-12(2)18-17(9-14)26-20(21)22-18/h4-9,15H,3,10-11H2,1-2H3,(H2,21,22). The Morgan fingerprint density at radius 2 is 2.12 bits per heavy atom. The van der Waals surface area contributed by atoms with Gasteiger partial charge in [-0.3, -0.25) is 4.79 Å². The van der Waals surface area contributed by atoms with Crippen LogP contribution in [-0.2, 0) is 6.42 Å². The lowest BCUT2D eigenvalue weighted by Crippen LogP contribution is -2.56. The zero-order chi connectivity index (χ0) is 18.3. The van der Waals surface area contributed by atoms with Gasteiger partial charge in [-0.25, -0.2) is 4.98 Å². The number of amides is 1. The number of fused-ring (bicyclic) bond motifs is 1. The molecule has 0 radical (unpaired) electrons. The van der Waals surface area contributed by atoms with Gasteiger partial charge in [0, 0.05) is 5.56 Å². The van der Waals surface area contributed by atoms with E-state index in [1.165, 1.54) is 16.9 Å². The number of hydrogen-bond acceptors (Lipinski definition) is 5. The molecule has 0 spiro atoms. The van der Waals surface area contributed by atoms with Crippen molar-refractivity contribution in [2.45, 2.75) is 26.4 Å². The minimum atomic E-state index is 0.0330. The molecule has 0 bridgehead atoms. The van der Waals surface area contributed by atoms with Crippen molar-refractivity contribution in [1.82, 2.24) is 9.88 Å². The van der Waals surface area contributed by atoms with E-state index in [-0.39, 0.29) is 12.0 Å². The maximum Gasteiger partial charge on any atom is 0.254 e.